The molecule has 4 N–H and O–H groups in total. The molecule has 30 heavy (non-hydrogen) atoms. The number of rotatable bonds is 10. The fraction of sp³-hybridized carbons (Fsp3) is 0.348. The Hall–Kier alpha value is -3.35. The van der Waals surface area contributed by atoms with Crippen LogP contribution in [0.25, 0.3) is 0 Å². The summed E-state index contributed by atoms with van der Waals surface area (Å²) < 4.78 is 5.40. The van der Waals surface area contributed by atoms with Crippen molar-refractivity contribution in [2.75, 3.05) is 13.1 Å². The number of guanidine groups is 1. The summed E-state index contributed by atoms with van der Waals surface area (Å²) in [4.78, 5) is 30.7. The highest BCUT2D eigenvalue weighted by atomic mass is 16.5. The Bertz CT molecular complexity index is 857. The maximum absolute atomic E-state index is 12.6. The largest absolute Gasteiger partial charge is 0.423 e. The van der Waals surface area contributed by atoms with Crippen molar-refractivity contribution in [3.8, 4) is 5.75 Å². The maximum Gasteiger partial charge on any atom is 0.343 e. The van der Waals surface area contributed by atoms with E-state index in [4.69, 9.17) is 16.2 Å². The molecule has 7 nitrogen and oxygen atoms in total. The van der Waals surface area contributed by atoms with Crippen LogP contribution in [0.15, 0.2) is 53.5 Å². The SMILES string of the molecule is CCCCN(CCC)C(=O)Cc1ccc(OC(=O)c2ccc(N=C(N)N)cc2)cc1. The standard InChI is InChI=1S/C23H30N4O3/c1-3-5-15-27(14-4-2)21(28)16-17-6-12-20(13-7-17)30-22(29)18-8-10-19(11-9-18)26-23(24)25/h6-13H,3-5,14-16H2,1-2H3,(H4,24,25,26). The number of unbranched alkanes of at least 4 members (excludes halogenated alkanes) is 1. The molecular formula is C23H30N4O3. The van der Waals surface area contributed by atoms with Crippen LogP contribution in [0.2, 0.25) is 0 Å². The summed E-state index contributed by atoms with van der Waals surface area (Å²) in [7, 11) is 0. The number of carbonyl (C=O) groups is 2. The molecule has 0 fully saturated rings. The first-order chi connectivity index (χ1) is 14.4. The van der Waals surface area contributed by atoms with Gasteiger partial charge in [0, 0.05) is 13.1 Å². The molecule has 1 amide bonds. The van der Waals surface area contributed by atoms with Gasteiger partial charge in [-0.25, -0.2) is 9.79 Å². The highest BCUT2D eigenvalue weighted by Crippen LogP contribution is 2.17. The second-order valence-corrected chi connectivity index (χ2v) is 7.03. The van der Waals surface area contributed by atoms with Gasteiger partial charge in [0.1, 0.15) is 5.75 Å². The number of esters is 1. The van der Waals surface area contributed by atoms with Crippen LogP contribution < -0.4 is 16.2 Å². The number of nitrogens with two attached hydrogens (primary N) is 2. The molecule has 0 atom stereocenters. The Balaban J connectivity index is 1.95. The van der Waals surface area contributed by atoms with Gasteiger partial charge in [-0.05, 0) is 54.8 Å². The van der Waals surface area contributed by atoms with Crippen molar-refractivity contribution in [2.45, 2.75) is 39.5 Å². The molecule has 0 unspecified atom stereocenters. The quantitative estimate of drug-likeness (QED) is 0.270. The lowest BCUT2D eigenvalue weighted by atomic mass is 10.1. The summed E-state index contributed by atoms with van der Waals surface area (Å²) in [5, 5.41) is 0. The third-order valence-electron chi connectivity index (χ3n) is 4.48. The molecule has 0 aliphatic rings. The molecule has 2 rings (SSSR count). The molecule has 0 saturated carbocycles. The summed E-state index contributed by atoms with van der Waals surface area (Å²) in [6, 6.07) is 13.5. The first kappa shape index (κ1) is 22.9. The highest BCUT2D eigenvalue weighted by Gasteiger charge is 2.13. The number of carbonyl (C=O) groups excluding carboxylic acids is 2. The van der Waals surface area contributed by atoms with Crippen LogP contribution in [-0.2, 0) is 11.2 Å². The summed E-state index contributed by atoms with van der Waals surface area (Å²) in [6.45, 7) is 5.76. The number of amides is 1. The average Bonchev–Trinajstić information content (AvgIpc) is 2.72. The van der Waals surface area contributed by atoms with Crippen LogP contribution in [0.4, 0.5) is 5.69 Å². The lowest BCUT2D eigenvalue weighted by molar-refractivity contribution is -0.130. The van der Waals surface area contributed by atoms with E-state index in [0.29, 0.717) is 23.4 Å². The monoisotopic (exact) mass is 410 g/mol. The summed E-state index contributed by atoms with van der Waals surface area (Å²) >= 11 is 0. The van der Waals surface area contributed by atoms with E-state index in [9.17, 15) is 9.59 Å². The molecule has 2 aromatic rings. The molecule has 0 aliphatic carbocycles. The number of ether oxygens (including phenoxy) is 1. The van der Waals surface area contributed by atoms with E-state index in [1.807, 2.05) is 17.0 Å². The first-order valence-electron chi connectivity index (χ1n) is 10.2. The van der Waals surface area contributed by atoms with Gasteiger partial charge in [-0.3, -0.25) is 4.79 Å². The zero-order valence-corrected chi connectivity index (χ0v) is 17.6. The van der Waals surface area contributed by atoms with Crippen LogP contribution in [0, 0.1) is 0 Å². The van der Waals surface area contributed by atoms with Gasteiger partial charge < -0.3 is 21.1 Å². The molecule has 0 radical (unpaired) electrons. The number of hydrogen-bond donors (Lipinski definition) is 2. The molecule has 0 aromatic heterocycles. The molecular weight excluding hydrogens is 380 g/mol. The maximum atomic E-state index is 12.6. The third-order valence-corrected chi connectivity index (χ3v) is 4.48. The smallest absolute Gasteiger partial charge is 0.343 e. The average molecular weight is 411 g/mol. The van der Waals surface area contributed by atoms with Crippen molar-refractivity contribution >= 4 is 23.5 Å². The Morgan fingerprint density at radius 2 is 1.60 bits per heavy atom. The fourth-order valence-corrected chi connectivity index (χ4v) is 2.93. The van der Waals surface area contributed by atoms with Gasteiger partial charge in [-0.2, -0.15) is 0 Å². The van der Waals surface area contributed by atoms with Gasteiger partial charge in [0.05, 0.1) is 17.7 Å². The second-order valence-electron chi connectivity index (χ2n) is 7.03. The van der Waals surface area contributed by atoms with E-state index in [0.717, 1.165) is 37.9 Å². The van der Waals surface area contributed by atoms with Crippen molar-refractivity contribution in [3.63, 3.8) is 0 Å². The topological polar surface area (TPSA) is 111 Å². The van der Waals surface area contributed by atoms with Gasteiger partial charge in [-0.1, -0.05) is 32.4 Å². The number of hydrogen-bond acceptors (Lipinski definition) is 4. The second kappa shape index (κ2) is 11.6. The predicted octanol–water partition coefficient (Wildman–Crippen LogP) is 3.39. The van der Waals surface area contributed by atoms with E-state index in [-0.39, 0.29) is 11.9 Å². The molecule has 0 saturated heterocycles. The van der Waals surface area contributed by atoms with Gasteiger partial charge in [0.25, 0.3) is 0 Å². The zero-order chi connectivity index (χ0) is 21.9. The number of benzene rings is 2. The van der Waals surface area contributed by atoms with E-state index < -0.39 is 5.97 Å². The van der Waals surface area contributed by atoms with E-state index in [2.05, 4.69) is 18.8 Å². The van der Waals surface area contributed by atoms with E-state index >= 15 is 0 Å². The van der Waals surface area contributed by atoms with E-state index in [1.165, 1.54) is 0 Å². The van der Waals surface area contributed by atoms with Crippen molar-refractivity contribution in [2.24, 2.45) is 16.5 Å². The van der Waals surface area contributed by atoms with E-state index in [1.54, 1.807) is 36.4 Å². The van der Waals surface area contributed by atoms with Crippen LogP contribution in [0.3, 0.4) is 0 Å². The van der Waals surface area contributed by atoms with Crippen molar-refractivity contribution in [3.05, 3.63) is 59.7 Å². The van der Waals surface area contributed by atoms with Crippen molar-refractivity contribution < 1.29 is 14.3 Å². The third kappa shape index (κ3) is 7.24. The molecule has 0 heterocycles. The molecule has 7 heteroatoms. The molecule has 160 valence electrons. The lowest BCUT2D eigenvalue weighted by Crippen LogP contribution is -2.33. The Morgan fingerprint density at radius 3 is 2.17 bits per heavy atom. The molecule has 0 bridgehead atoms. The summed E-state index contributed by atoms with van der Waals surface area (Å²) in [5.41, 5.74) is 12.5. The van der Waals surface area contributed by atoms with Gasteiger partial charge in [0.2, 0.25) is 5.91 Å². The van der Waals surface area contributed by atoms with Gasteiger partial charge in [0.15, 0.2) is 5.96 Å². The highest BCUT2D eigenvalue weighted by molar-refractivity contribution is 5.91. The van der Waals surface area contributed by atoms with Crippen LogP contribution in [0.5, 0.6) is 5.75 Å². The summed E-state index contributed by atoms with van der Waals surface area (Å²) in [5.74, 6) is 0.00708. The number of aliphatic imine (C=N–C) groups is 1. The summed E-state index contributed by atoms with van der Waals surface area (Å²) in [6.07, 6.45) is 3.35. The van der Waals surface area contributed by atoms with Crippen LogP contribution in [0.1, 0.15) is 49.0 Å². The number of nitrogens with zero attached hydrogens (tertiary/aromatic N) is 2. The van der Waals surface area contributed by atoms with Crippen molar-refractivity contribution in [1.82, 2.24) is 4.90 Å². The first-order valence-corrected chi connectivity index (χ1v) is 10.2. The minimum atomic E-state index is -0.483. The van der Waals surface area contributed by atoms with Gasteiger partial charge in [-0.15, -0.1) is 0 Å². The molecule has 2 aromatic carbocycles. The van der Waals surface area contributed by atoms with Crippen molar-refractivity contribution in [1.29, 1.82) is 0 Å². The minimum absolute atomic E-state index is 0.0490. The molecule has 0 aliphatic heterocycles. The predicted molar refractivity (Wildman–Crippen MR) is 119 cm³/mol. The van der Waals surface area contributed by atoms with Crippen LogP contribution in [-0.4, -0.2) is 35.8 Å². The Morgan fingerprint density at radius 1 is 0.933 bits per heavy atom. The minimum Gasteiger partial charge on any atom is -0.423 e. The fourth-order valence-electron chi connectivity index (χ4n) is 2.93. The Kier molecular flexibility index (Phi) is 8.87. The molecule has 0 spiro atoms. The normalized spacial score (nSPS) is 10.3. The lowest BCUT2D eigenvalue weighted by Gasteiger charge is -2.22. The van der Waals surface area contributed by atoms with Gasteiger partial charge >= 0.3 is 5.97 Å². The Labute approximate surface area is 177 Å². The zero-order valence-electron chi connectivity index (χ0n) is 17.6. The van der Waals surface area contributed by atoms with Crippen LogP contribution >= 0.6 is 0 Å².